The van der Waals surface area contributed by atoms with Crippen molar-refractivity contribution in [2.45, 2.75) is 38.7 Å². The van der Waals surface area contributed by atoms with Crippen molar-refractivity contribution in [3.63, 3.8) is 0 Å². The molecule has 0 aliphatic heterocycles. The Hall–Kier alpha value is -0.683. The number of benzene rings is 1. The fraction of sp³-hybridized carbons (Fsp3) is 0.625. The third-order valence-electron chi connectivity index (χ3n) is 2.85. The molecule has 0 heterocycles. The molecule has 0 aliphatic rings. The van der Waals surface area contributed by atoms with Gasteiger partial charge in [0, 0.05) is 21.3 Å². The van der Waals surface area contributed by atoms with E-state index >= 15 is 0 Å². The quantitative estimate of drug-likeness (QED) is 0.352. The van der Waals surface area contributed by atoms with Gasteiger partial charge in [-0.1, -0.05) is 50.0 Å². The first-order chi connectivity index (χ1) is 9.58. The van der Waals surface area contributed by atoms with Crippen LogP contribution in [0.5, 0.6) is 0 Å². The summed E-state index contributed by atoms with van der Waals surface area (Å²) in [7, 11) is -0.976. The van der Waals surface area contributed by atoms with E-state index in [9.17, 15) is 0 Å². The van der Waals surface area contributed by atoms with Crippen molar-refractivity contribution in [3.05, 3.63) is 35.9 Å². The molecule has 20 heavy (non-hydrogen) atoms. The second-order valence-corrected chi connectivity index (χ2v) is 11.8. The summed E-state index contributed by atoms with van der Waals surface area (Å²) in [5, 5.41) is 0. The molecule has 1 aromatic carbocycles. The van der Waals surface area contributed by atoms with Gasteiger partial charge < -0.3 is 14.2 Å². The highest BCUT2D eigenvalue weighted by molar-refractivity contribution is 6.76. The Labute approximate surface area is 124 Å². The van der Waals surface area contributed by atoms with Gasteiger partial charge in [-0.3, -0.25) is 0 Å². The van der Waals surface area contributed by atoms with Gasteiger partial charge in [-0.05, 0) is 18.0 Å². The molecule has 1 rings (SSSR count). The topological polar surface area (TPSA) is 27.7 Å². The SMILES string of the molecule is C[Si](C)(C)CCOCOCCCOCc1ccccc1. The molecule has 4 heteroatoms. The standard InChI is InChI=1S/C16H28O3Si/c1-20(2,3)13-12-19-15-18-11-7-10-17-14-16-8-5-4-6-9-16/h4-6,8-9H,7,10-15H2,1-3H3. The first-order valence-electron chi connectivity index (χ1n) is 7.35. The number of ether oxygens (including phenoxy) is 3. The minimum absolute atomic E-state index is 0.406. The summed E-state index contributed by atoms with van der Waals surface area (Å²) in [5.41, 5.74) is 1.21. The Morgan fingerprint density at radius 1 is 0.850 bits per heavy atom. The Bertz CT molecular complexity index is 335. The van der Waals surface area contributed by atoms with Crippen molar-refractivity contribution in [2.75, 3.05) is 26.6 Å². The van der Waals surface area contributed by atoms with Gasteiger partial charge in [-0.15, -0.1) is 0 Å². The summed E-state index contributed by atoms with van der Waals surface area (Å²) in [6, 6.07) is 11.4. The molecule has 0 amide bonds. The van der Waals surface area contributed by atoms with Crippen molar-refractivity contribution < 1.29 is 14.2 Å². The van der Waals surface area contributed by atoms with Gasteiger partial charge in [0.25, 0.3) is 0 Å². The van der Waals surface area contributed by atoms with Gasteiger partial charge >= 0.3 is 0 Å². The Balaban J connectivity index is 1.83. The zero-order valence-electron chi connectivity index (χ0n) is 13.1. The molecule has 114 valence electrons. The third-order valence-corrected chi connectivity index (χ3v) is 4.56. The van der Waals surface area contributed by atoms with Crippen molar-refractivity contribution in [2.24, 2.45) is 0 Å². The Morgan fingerprint density at radius 2 is 1.50 bits per heavy atom. The molecule has 0 radical (unpaired) electrons. The average molecular weight is 296 g/mol. The molecule has 0 bridgehead atoms. The maximum absolute atomic E-state index is 5.58. The van der Waals surface area contributed by atoms with Gasteiger partial charge in [-0.25, -0.2) is 0 Å². The normalized spacial score (nSPS) is 11.8. The first-order valence-corrected chi connectivity index (χ1v) is 11.1. The van der Waals surface area contributed by atoms with Crippen LogP contribution < -0.4 is 0 Å². The molecule has 0 atom stereocenters. The van der Waals surface area contributed by atoms with E-state index in [1.54, 1.807) is 0 Å². The predicted molar refractivity (Wildman–Crippen MR) is 85.6 cm³/mol. The smallest absolute Gasteiger partial charge is 0.146 e. The summed E-state index contributed by atoms with van der Waals surface area (Å²) in [6.45, 7) is 10.4. The molecular formula is C16H28O3Si. The van der Waals surface area contributed by atoms with Crippen molar-refractivity contribution in [3.8, 4) is 0 Å². The van der Waals surface area contributed by atoms with Crippen LogP contribution in [0.1, 0.15) is 12.0 Å². The molecule has 0 saturated carbocycles. The van der Waals surface area contributed by atoms with Crippen LogP contribution in [0.3, 0.4) is 0 Å². The van der Waals surface area contributed by atoms with E-state index < -0.39 is 8.07 Å². The molecule has 0 N–H and O–H groups in total. The van der Waals surface area contributed by atoms with Crippen molar-refractivity contribution in [1.29, 1.82) is 0 Å². The maximum atomic E-state index is 5.58. The lowest BCUT2D eigenvalue weighted by Crippen LogP contribution is -2.22. The van der Waals surface area contributed by atoms with E-state index in [2.05, 4.69) is 31.8 Å². The first kappa shape index (κ1) is 17.4. The highest BCUT2D eigenvalue weighted by atomic mass is 28.3. The van der Waals surface area contributed by atoms with Crippen LogP contribution in [-0.4, -0.2) is 34.7 Å². The molecular weight excluding hydrogens is 268 g/mol. The van der Waals surface area contributed by atoms with Crippen LogP contribution >= 0.6 is 0 Å². The van der Waals surface area contributed by atoms with Crippen molar-refractivity contribution >= 4 is 8.07 Å². The van der Waals surface area contributed by atoms with Crippen LogP contribution in [0.2, 0.25) is 25.7 Å². The Kier molecular flexibility index (Phi) is 8.77. The zero-order valence-corrected chi connectivity index (χ0v) is 14.1. The van der Waals surface area contributed by atoms with E-state index in [1.807, 2.05) is 18.2 Å². The van der Waals surface area contributed by atoms with Crippen LogP contribution in [0, 0.1) is 0 Å². The largest absolute Gasteiger partial charge is 0.377 e. The second-order valence-electron chi connectivity index (χ2n) is 6.14. The lowest BCUT2D eigenvalue weighted by molar-refractivity contribution is -0.0547. The van der Waals surface area contributed by atoms with E-state index in [0.717, 1.165) is 19.6 Å². The van der Waals surface area contributed by atoms with Crippen LogP contribution in [0.15, 0.2) is 30.3 Å². The minimum atomic E-state index is -0.976. The fourth-order valence-electron chi connectivity index (χ4n) is 1.58. The van der Waals surface area contributed by atoms with Gasteiger partial charge in [0.2, 0.25) is 0 Å². The third kappa shape index (κ3) is 10.1. The lowest BCUT2D eigenvalue weighted by Gasteiger charge is -2.15. The molecule has 0 fully saturated rings. The van der Waals surface area contributed by atoms with Crippen LogP contribution in [-0.2, 0) is 20.8 Å². The molecule has 3 nitrogen and oxygen atoms in total. The van der Waals surface area contributed by atoms with Gasteiger partial charge in [0.05, 0.1) is 13.2 Å². The van der Waals surface area contributed by atoms with E-state index in [0.29, 0.717) is 20.0 Å². The van der Waals surface area contributed by atoms with Crippen LogP contribution in [0.25, 0.3) is 0 Å². The summed E-state index contributed by atoms with van der Waals surface area (Å²) < 4.78 is 16.4. The van der Waals surface area contributed by atoms with E-state index in [1.165, 1.54) is 11.6 Å². The monoisotopic (exact) mass is 296 g/mol. The molecule has 0 spiro atoms. The average Bonchev–Trinajstić information content (AvgIpc) is 2.41. The zero-order chi connectivity index (χ0) is 14.7. The molecule has 1 aromatic rings. The molecule has 0 aromatic heterocycles. The number of hydrogen-bond donors (Lipinski definition) is 0. The van der Waals surface area contributed by atoms with Gasteiger partial charge in [0.15, 0.2) is 0 Å². The minimum Gasteiger partial charge on any atom is -0.377 e. The fourth-order valence-corrected chi connectivity index (χ4v) is 2.34. The number of hydrogen-bond acceptors (Lipinski definition) is 3. The summed E-state index contributed by atoms with van der Waals surface area (Å²) in [4.78, 5) is 0. The molecule has 0 unspecified atom stereocenters. The molecule has 0 aliphatic carbocycles. The van der Waals surface area contributed by atoms with Gasteiger partial charge in [0.1, 0.15) is 6.79 Å². The van der Waals surface area contributed by atoms with Crippen LogP contribution in [0.4, 0.5) is 0 Å². The summed E-state index contributed by atoms with van der Waals surface area (Å²) >= 11 is 0. The summed E-state index contributed by atoms with van der Waals surface area (Å²) in [5.74, 6) is 0. The highest BCUT2D eigenvalue weighted by Crippen LogP contribution is 2.07. The summed E-state index contributed by atoms with van der Waals surface area (Å²) in [6.07, 6.45) is 0.907. The Morgan fingerprint density at radius 3 is 2.20 bits per heavy atom. The second kappa shape index (κ2) is 10.1. The van der Waals surface area contributed by atoms with Crippen molar-refractivity contribution in [1.82, 2.24) is 0 Å². The van der Waals surface area contributed by atoms with E-state index in [-0.39, 0.29) is 0 Å². The predicted octanol–water partition coefficient (Wildman–Crippen LogP) is 3.92. The maximum Gasteiger partial charge on any atom is 0.146 e. The van der Waals surface area contributed by atoms with Gasteiger partial charge in [-0.2, -0.15) is 0 Å². The number of rotatable bonds is 11. The van der Waals surface area contributed by atoms with E-state index in [4.69, 9.17) is 14.2 Å². The molecule has 0 saturated heterocycles. The lowest BCUT2D eigenvalue weighted by atomic mass is 10.2. The highest BCUT2D eigenvalue weighted by Gasteiger charge is 2.11.